The molecule has 0 aliphatic carbocycles. The number of amides is 3. The van der Waals surface area contributed by atoms with Crippen molar-refractivity contribution >= 4 is 35.4 Å². The lowest BCUT2D eigenvalue weighted by molar-refractivity contribution is -0.245. The third-order valence-electron chi connectivity index (χ3n) is 7.49. The van der Waals surface area contributed by atoms with Crippen molar-refractivity contribution in [3.8, 4) is 0 Å². The van der Waals surface area contributed by atoms with Crippen LogP contribution in [-0.2, 0) is 37.0 Å². The molecule has 2 aliphatic heterocycles. The van der Waals surface area contributed by atoms with Crippen LogP contribution in [0.15, 0.2) is 90.3 Å². The van der Waals surface area contributed by atoms with Gasteiger partial charge in [0.25, 0.3) is 5.91 Å². The summed E-state index contributed by atoms with van der Waals surface area (Å²) in [5.74, 6) is -0.357. The molecule has 4 atom stereocenters. The van der Waals surface area contributed by atoms with Gasteiger partial charge in [-0.2, -0.15) is 5.10 Å². The van der Waals surface area contributed by atoms with Crippen molar-refractivity contribution in [1.29, 1.82) is 0 Å². The second kappa shape index (κ2) is 14.0. The lowest BCUT2D eigenvalue weighted by Gasteiger charge is -2.36. The normalized spacial score (nSPS) is 21.6. The number of thioether (sulfide) groups is 1. The molecule has 232 valence electrons. The number of hydrogen-bond donors (Lipinski definition) is 3. The van der Waals surface area contributed by atoms with E-state index in [4.69, 9.17) is 14.2 Å². The number of nitrogens with zero attached hydrogens (tertiary/aromatic N) is 3. The summed E-state index contributed by atoms with van der Waals surface area (Å²) in [5, 5.41) is 19.4. The monoisotopic (exact) mass is 629 g/mol. The zero-order valence-corrected chi connectivity index (χ0v) is 24.9. The van der Waals surface area contributed by atoms with Crippen molar-refractivity contribution in [3.63, 3.8) is 0 Å². The highest BCUT2D eigenvalue weighted by Crippen LogP contribution is 2.39. The molecule has 3 aromatic carbocycles. The molecule has 2 aliphatic rings. The number of hydrogen-bond acceptors (Lipinski definition) is 10. The number of benzene rings is 3. The molecule has 0 spiro atoms. The molecule has 4 aromatic rings. The van der Waals surface area contributed by atoms with Gasteiger partial charge in [-0.25, -0.2) is 14.7 Å². The zero-order chi connectivity index (χ0) is 31.2. The summed E-state index contributed by atoms with van der Waals surface area (Å²) in [6.45, 7) is 0.00392. The zero-order valence-electron chi connectivity index (χ0n) is 24.1. The van der Waals surface area contributed by atoms with Gasteiger partial charge in [-0.3, -0.25) is 14.7 Å². The smallest absolute Gasteiger partial charge is 0.408 e. The van der Waals surface area contributed by atoms with Crippen molar-refractivity contribution in [2.24, 2.45) is 0 Å². The fourth-order valence-corrected chi connectivity index (χ4v) is 5.96. The number of nitrogens with one attached hydrogen (secondary N) is 2. The van der Waals surface area contributed by atoms with E-state index in [1.807, 2.05) is 54.6 Å². The first-order valence-electron chi connectivity index (χ1n) is 14.4. The molecule has 0 saturated carbocycles. The summed E-state index contributed by atoms with van der Waals surface area (Å²) in [5.41, 5.74) is 3.66. The van der Waals surface area contributed by atoms with Crippen LogP contribution in [0.1, 0.15) is 47.5 Å². The number of carbonyl (C=O) groups excluding carboxylic acids is 3. The Hall–Kier alpha value is -4.56. The second-order valence-electron chi connectivity index (χ2n) is 10.6. The van der Waals surface area contributed by atoms with E-state index in [9.17, 15) is 19.5 Å². The van der Waals surface area contributed by atoms with E-state index in [-0.39, 0.29) is 31.8 Å². The number of rotatable bonds is 10. The highest BCUT2D eigenvalue weighted by atomic mass is 32.2. The number of aromatic amines is 1. The highest BCUT2D eigenvalue weighted by Gasteiger charge is 2.41. The molecule has 3 amide bonds. The second-order valence-corrected chi connectivity index (χ2v) is 11.6. The standard InChI is InChI=1S/C32H31N5O7S/c38-16-20-6-8-22(9-7-20)27-14-25(18-45-31-33-19-34-36-31)43-30(44-27)23-10-12-24(13-11-23)37-28(39)15-26(29(37)40)35-32(41)42-17-21-4-2-1-3-5-21/h1-13,19,25-27,30,38H,14-18H2,(H,35,41)(H,33,34,36)/t25-,26?,27+,30+/m0/s1. The fourth-order valence-electron chi connectivity index (χ4n) is 5.16. The molecule has 1 unspecified atom stereocenters. The number of ether oxygens (including phenoxy) is 3. The van der Waals surface area contributed by atoms with Crippen molar-refractivity contribution in [2.45, 2.75) is 55.8 Å². The predicted octanol–water partition coefficient (Wildman–Crippen LogP) is 4.19. The Morgan fingerprint density at radius 1 is 1.00 bits per heavy atom. The number of anilines is 1. The predicted molar refractivity (Wildman–Crippen MR) is 163 cm³/mol. The molecular formula is C32H31N5O7S. The van der Waals surface area contributed by atoms with Gasteiger partial charge in [0.05, 0.1) is 30.9 Å². The average molecular weight is 630 g/mol. The molecule has 1 aromatic heterocycles. The molecular weight excluding hydrogens is 598 g/mol. The first-order valence-corrected chi connectivity index (χ1v) is 15.4. The molecule has 0 radical (unpaired) electrons. The molecule has 13 heteroatoms. The van der Waals surface area contributed by atoms with E-state index in [2.05, 4.69) is 20.5 Å². The van der Waals surface area contributed by atoms with E-state index in [0.29, 0.717) is 28.6 Å². The topological polar surface area (TPSA) is 156 Å². The minimum absolute atomic E-state index is 0.0441. The molecule has 6 rings (SSSR count). The third kappa shape index (κ3) is 7.40. The number of imide groups is 1. The summed E-state index contributed by atoms with van der Waals surface area (Å²) in [6, 6.07) is 22.6. The van der Waals surface area contributed by atoms with E-state index in [0.717, 1.165) is 21.6 Å². The lowest BCUT2D eigenvalue weighted by Crippen LogP contribution is -2.42. The molecule has 3 heterocycles. The van der Waals surface area contributed by atoms with Crippen LogP contribution in [0.25, 0.3) is 0 Å². The fraction of sp³-hybridized carbons (Fsp3) is 0.281. The van der Waals surface area contributed by atoms with Gasteiger partial charge in [0.1, 0.15) is 19.0 Å². The molecule has 0 bridgehead atoms. The van der Waals surface area contributed by atoms with Gasteiger partial charge in [0.2, 0.25) is 5.91 Å². The van der Waals surface area contributed by atoms with Crippen molar-refractivity contribution in [3.05, 3.63) is 107 Å². The maximum absolute atomic E-state index is 13.1. The summed E-state index contributed by atoms with van der Waals surface area (Å²) >= 11 is 1.50. The van der Waals surface area contributed by atoms with E-state index >= 15 is 0 Å². The Bertz CT molecular complexity index is 1600. The highest BCUT2D eigenvalue weighted by molar-refractivity contribution is 7.99. The minimum Gasteiger partial charge on any atom is -0.445 e. The Labute approximate surface area is 263 Å². The molecule has 45 heavy (non-hydrogen) atoms. The first-order chi connectivity index (χ1) is 22.0. The van der Waals surface area contributed by atoms with Crippen LogP contribution in [0, 0.1) is 0 Å². The van der Waals surface area contributed by atoms with Crippen LogP contribution in [0.2, 0.25) is 0 Å². The summed E-state index contributed by atoms with van der Waals surface area (Å²) < 4.78 is 17.9. The van der Waals surface area contributed by atoms with Crippen LogP contribution in [0.3, 0.4) is 0 Å². The van der Waals surface area contributed by atoms with E-state index in [1.165, 1.54) is 18.1 Å². The van der Waals surface area contributed by atoms with Gasteiger partial charge in [0, 0.05) is 17.7 Å². The number of carbonyl (C=O) groups is 3. The summed E-state index contributed by atoms with van der Waals surface area (Å²) in [4.78, 5) is 43.5. The maximum Gasteiger partial charge on any atom is 0.408 e. The Morgan fingerprint density at radius 2 is 1.76 bits per heavy atom. The summed E-state index contributed by atoms with van der Waals surface area (Å²) in [6.07, 6.45) is -0.0538. The average Bonchev–Trinajstić information content (AvgIpc) is 3.70. The van der Waals surface area contributed by atoms with Crippen LogP contribution in [0.5, 0.6) is 0 Å². The Balaban J connectivity index is 1.12. The third-order valence-corrected chi connectivity index (χ3v) is 8.50. The number of H-pyrrole nitrogens is 1. The molecule has 2 saturated heterocycles. The van der Waals surface area contributed by atoms with Gasteiger partial charge in [-0.1, -0.05) is 78.5 Å². The Kier molecular flexibility index (Phi) is 9.50. The van der Waals surface area contributed by atoms with Gasteiger partial charge in [-0.15, -0.1) is 0 Å². The van der Waals surface area contributed by atoms with Gasteiger partial charge in [-0.05, 0) is 28.8 Å². The van der Waals surface area contributed by atoms with Crippen molar-refractivity contribution < 1.29 is 33.7 Å². The number of alkyl carbamates (subject to hydrolysis) is 1. The van der Waals surface area contributed by atoms with Gasteiger partial charge in [0.15, 0.2) is 11.4 Å². The molecule has 3 N–H and O–H groups in total. The first kappa shape index (κ1) is 30.5. The number of aromatic nitrogens is 3. The molecule has 12 nitrogen and oxygen atoms in total. The van der Waals surface area contributed by atoms with Crippen LogP contribution < -0.4 is 10.2 Å². The Morgan fingerprint density at radius 3 is 2.47 bits per heavy atom. The van der Waals surface area contributed by atoms with Crippen molar-refractivity contribution in [2.75, 3.05) is 10.7 Å². The van der Waals surface area contributed by atoms with E-state index < -0.39 is 30.2 Å². The van der Waals surface area contributed by atoms with Crippen molar-refractivity contribution in [1.82, 2.24) is 20.5 Å². The number of aliphatic hydroxyl groups is 1. The van der Waals surface area contributed by atoms with Crippen LogP contribution >= 0.6 is 11.8 Å². The van der Waals surface area contributed by atoms with Gasteiger partial charge >= 0.3 is 6.09 Å². The maximum atomic E-state index is 13.1. The van der Waals surface area contributed by atoms with Gasteiger partial charge < -0.3 is 24.6 Å². The number of aliphatic hydroxyl groups excluding tert-OH is 1. The summed E-state index contributed by atoms with van der Waals surface area (Å²) in [7, 11) is 0. The van der Waals surface area contributed by atoms with Crippen LogP contribution in [0.4, 0.5) is 10.5 Å². The van der Waals surface area contributed by atoms with Crippen LogP contribution in [-0.4, -0.2) is 56.1 Å². The SMILES string of the molecule is O=C(NC1CC(=O)N(c2ccc([C@@H]3O[C@H](CSc4ncn[nH]4)C[C@H](c4ccc(CO)cc4)O3)cc2)C1=O)OCc1ccccc1. The lowest BCUT2D eigenvalue weighted by atomic mass is 10.0. The molecule has 2 fully saturated rings. The largest absolute Gasteiger partial charge is 0.445 e. The minimum atomic E-state index is -1.02. The quantitative estimate of drug-likeness (QED) is 0.172. The van der Waals surface area contributed by atoms with E-state index in [1.54, 1.807) is 24.3 Å².